The Labute approximate surface area is 387 Å². The van der Waals surface area contributed by atoms with Crippen molar-refractivity contribution in [2.24, 2.45) is 0 Å². The molecule has 4 heterocycles. The van der Waals surface area contributed by atoms with E-state index in [4.69, 9.17) is 0 Å². The molecule has 4 aromatic heterocycles. The summed E-state index contributed by atoms with van der Waals surface area (Å²) < 4.78 is 39.5. The smallest absolute Gasteiger partial charge is 0.126 e. The van der Waals surface area contributed by atoms with Crippen LogP contribution in [0.3, 0.4) is 0 Å². The van der Waals surface area contributed by atoms with E-state index in [1.54, 1.807) is 0 Å². The highest BCUT2D eigenvalue weighted by molar-refractivity contribution is 6.15. The first-order valence-electron chi connectivity index (χ1n) is 22.6. The van der Waals surface area contributed by atoms with E-state index in [9.17, 15) is 5.26 Å². The lowest BCUT2D eigenvalue weighted by Crippen LogP contribution is -2.06. The number of nitrogens with zero attached hydrogens (tertiary/aromatic N) is 5. The lowest BCUT2D eigenvalue weighted by Gasteiger charge is -2.20. The molecule has 5 nitrogen and oxygen atoms in total. The number of fused-ring (bicyclic) bond motifs is 12. The zero-order valence-electron chi connectivity index (χ0n) is 36.2. The summed E-state index contributed by atoms with van der Waals surface area (Å²) in [6.07, 6.45) is 0. The van der Waals surface area contributed by atoms with Crippen LogP contribution in [-0.4, -0.2) is 18.3 Å². The number of nitriles is 1. The molecule has 14 aromatic rings. The Kier molecular flexibility index (Phi) is 8.05. The molecule has 68 heavy (non-hydrogen) atoms. The summed E-state index contributed by atoms with van der Waals surface area (Å²) >= 11 is 0. The van der Waals surface area contributed by atoms with Crippen molar-refractivity contribution in [3.8, 4) is 39.9 Å². The van der Waals surface area contributed by atoms with E-state index in [0.717, 1.165) is 83.1 Å². The third-order valence-corrected chi connectivity index (χ3v) is 13.9. The summed E-state index contributed by atoms with van der Waals surface area (Å²) in [5.74, 6) is -1.40. The van der Waals surface area contributed by atoms with Crippen LogP contribution in [0.15, 0.2) is 212 Å². The Morgan fingerprint density at radius 3 is 1.10 bits per heavy atom. The Morgan fingerprint density at radius 2 is 0.676 bits per heavy atom. The minimum atomic E-state index is -0.701. The van der Waals surface area contributed by atoms with Gasteiger partial charge < -0.3 is 18.3 Å². The van der Waals surface area contributed by atoms with Crippen LogP contribution in [-0.2, 0) is 0 Å². The highest BCUT2D eigenvalue weighted by atomic mass is 19.1. The first kappa shape index (κ1) is 38.1. The maximum Gasteiger partial charge on any atom is 0.126 e. The Hall–Kier alpha value is -9.25. The molecule has 318 valence electrons. The van der Waals surface area contributed by atoms with Crippen LogP contribution < -0.4 is 0 Å². The molecule has 14 rings (SSSR count). The second-order valence-electron chi connectivity index (χ2n) is 17.5. The molecular weight excluding hydrogens is 841 g/mol. The van der Waals surface area contributed by atoms with Crippen molar-refractivity contribution >= 4 is 87.2 Å². The molecular formula is C61H35F2N5. The van der Waals surface area contributed by atoms with Crippen molar-refractivity contribution in [2.45, 2.75) is 0 Å². The normalized spacial score (nSPS) is 12.0. The van der Waals surface area contributed by atoms with E-state index in [1.807, 2.05) is 36.4 Å². The Morgan fingerprint density at radius 1 is 0.324 bits per heavy atom. The summed E-state index contributed by atoms with van der Waals surface area (Å²) in [4.78, 5) is 0. The van der Waals surface area contributed by atoms with Crippen LogP contribution in [0, 0.1) is 23.0 Å². The second-order valence-corrected chi connectivity index (χ2v) is 17.5. The highest BCUT2D eigenvalue weighted by Crippen LogP contribution is 2.44. The average Bonchev–Trinajstić information content (AvgIpc) is 4.10. The summed E-state index contributed by atoms with van der Waals surface area (Å²) in [6, 6.07) is 73.3. The molecule has 0 N–H and O–H groups in total. The van der Waals surface area contributed by atoms with Gasteiger partial charge in [0.2, 0.25) is 0 Å². The minimum Gasteiger partial charge on any atom is -0.309 e. The fourth-order valence-corrected chi connectivity index (χ4v) is 11.2. The van der Waals surface area contributed by atoms with E-state index in [0.29, 0.717) is 28.1 Å². The number of hydrogen-bond donors (Lipinski definition) is 0. The van der Waals surface area contributed by atoms with Gasteiger partial charge in [0.05, 0.1) is 55.5 Å². The van der Waals surface area contributed by atoms with Crippen LogP contribution in [0.2, 0.25) is 0 Å². The third kappa shape index (κ3) is 5.34. The third-order valence-electron chi connectivity index (χ3n) is 13.9. The maximum absolute atomic E-state index is 15.3. The predicted octanol–water partition coefficient (Wildman–Crippen LogP) is 15.9. The first-order chi connectivity index (χ1) is 33.5. The van der Waals surface area contributed by atoms with Gasteiger partial charge in [0.25, 0.3) is 0 Å². The van der Waals surface area contributed by atoms with E-state index in [-0.39, 0.29) is 0 Å². The fourth-order valence-electron chi connectivity index (χ4n) is 11.2. The molecule has 0 unspecified atom stereocenters. The second kappa shape index (κ2) is 14.4. The summed E-state index contributed by atoms with van der Waals surface area (Å²) in [5, 5.41) is 20.4. The zero-order valence-corrected chi connectivity index (χ0v) is 36.2. The quantitative estimate of drug-likeness (QED) is 0.170. The molecule has 0 atom stereocenters. The van der Waals surface area contributed by atoms with Crippen molar-refractivity contribution in [3.05, 3.63) is 230 Å². The SMILES string of the molecule is N#Cc1c(-n2c3ccccc3c3cc(-n4c5ccccc5c5ccccc54)ccc32)ccc(-c2cc(F)cc(F)c2)c1-n1c2ccccc2c2cc(-n3c4ccccc4c4ccccc43)ccc21. The lowest BCUT2D eigenvalue weighted by atomic mass is 9.97. The largest absolute Gasteiger partial charge is 0.309 e. The molecule has 0 amide bonds. The van der Waals surface area contributed by atoms with Gasteiger partial charge >= 0.3 is 0 Å². The van der Waals surface area contributed by atoms with Gasteiger partial charge in [-0.25, -0.2) is 8.78 Å². The van der Waals surface area contributed by atoms with Gasteiger partial charge in [0.15, 0.2) is 0 Å². The van der Waals surface area contributed by atoms with Gasteiger partial charge in [-0.1, -0.05) is 115 Å². The molecule has 0 saturated carbocycles. The molecule has 7 heteroatoms. The molecule has 10 aromatic carbocycles. The van der Waals surface area contributed by atoms with E-state index in [1.165, 1.54) is 33.7 Å². The monoisotopic (exact) mass is 875 g/mol. The number of para-hydroxylation sites is 6. The van der Waals surface area contributed by atoms with E-state index in [2.05, 4.69) is 182 Å². The van der Waals surface area contributed by atoms with Crippen LogP contribution in [0.5, 0.6) is 0 Å². The maximum atomic E-state index is 15.3. The predicted molar refractivity (Wildman–Crippen MR) is 274 cm³/mol. The summed E-state index contributed by atoms with van der Waals surface area (Å²) in [5.41, 5.74) is 12.4. The van der Waals surface area contributed by atoms with Crippen molar-refractivity contribution in [1.82, 2.24) is 18.3 Å². The minimum absolute atomic E-state index is 0.325. The topological polar surface area (TPSA) is 43.5 Å². The van der Waals surface area contributed by atoms with Gasteiger partial charge in [-0.15, -0.1) is 0 Å². The van der Waals surface area contributed by atoms with Gasteiger partial charge in [0.1, 0.15) is 23.3 Å². The zero-order chi connectivity index (χ0) is 45.2. The average molecular weight is 876 g/mol. The van der Waals surface area contributed by atoms with Crippen LogP contribution >= 0.6 is 0 Å². The van der Waals surface area contributed by atoms with Crippen LogP contribution in [0.4, 0.5) is 8.78 Å². The fraction of sp³-hybridized carbons (Fsp3) is 0. The van der Waals surface area contributed by atoms with Crippen molar-refractivity contribution in [3.63, 3.8) is 0 Å². The molecule has 0 saturated heterocycles. The van der Waals surface area contributed by atoms with Gasteiger partial charge in [0, 0.05) is 66.1 Å². The number of hydrogen-bond acceptors (Lipinski definition) is 1. The highest BCUT2D eigenvalue weighted by Gasteiger charge is 2.26. The molecule has 0 fully saturated rings. The van der Waals surface area contributed by atoms with Crippen molar-refractivity contribution in [2.75, 3.05) is 0 Å². The number of rotatable bonds is 5. The molecule has 0 aliphatic rings. The number of halogens is 2. The van der Waals surface area contributed by atoms with E-state index < -0.39 is 11.6 Å². The molecule has 0 aliphatic carbocycles. The first-order valence-corrected chi connectivity index (χ1v) is 22.6. The molecule has 0 aliphatic heterocycles. The van der Waals surface area contributed by atoms with Crippen molar-refractivity contribution < 1.29 is 8.78 Å². The van der Waals surface area contributed by atoms with Crippen molar-refractivity contribution in [1.29, 1.82) is 5.26 Å². The lowest BCUT2D eigenvalue weighted by molar-refractivity contribution is 0.584. The van der Waals surface area contributed by atoms with Gasteiger partial charge in [-0.2, -0.15) is 5.26 Å². The Bertz CT molecular complexity index is 4370. The molecule has 0 radical (unpaired) electrons. The molecule has 0 spiro atoms. The standard InChI is InChI=1S/C61H35F2N5/c62-38-31-37(32-39(63)33-38)42-27-30-60(67-56-23-11-5-17-47(56)49-34-40(25-28-58(49)67)65-52-19-7-1-13-43(52)44-14-2-8-20-53(44)65)51(36-64)61(42)68-57-24-12-6-18-48(57)50-35-41(26-29-59(50)68)66-54-21-9-3-15-45(54)46-16-4-10-22-55(46)66/h1-35H. The summed E-state index contributed by atoms with van der Waals surface area (Å²) in [7, 11) is 0. The van der Waals surface area contributed by atoms with Gasteiger partial charge in [-0.05, 0) is 96.6 Å². The number of benzene rings is 10. The van der Waals surface area contributed by atoms with Crippen LogP contribution in [0.25, 0.3) is 121 Å². The number of aromatic nitrogens is 4. The van der Waals surface area contributed by atoms with E-state index >= 15 is 8.78 Å². The molecule has 0 bridgehead atoms. The summed E-state index contributed by atoms with van der Waals surface area (Å²) in [6.45, 7) is 0. The van der Waals surface area contributed by atoms with Crippen LogP contribution in [0.1, 0.15) is 5.56 Å². The van der Waals surface area contributed by atoms with Gasteiger partial charge in [-0.3, -0.25) is 0 Å². The Balaban J connectivity index is 1.05.